The molecule has 0 radical (unpaired) electrons. The molecular weight excluding hydrogens is 370 g/mol. The molecule has 0 spiro atoms. The van der Waals surface area contributed by atoms with E-state index < -0.39 is 0 Å². The van der Waals surface area contributed by atoms with Crippen molar-refractivity contribution in [2.45, 2.75) is 20.4 Å². The standard InChI is InChI=1S/C26H25N3O/c1-4-7-22-17-29(16-18(22)5-2)26-27-23-15-20(9-11-25(23)30-26)19-8-10-24-21(14-19)12-13-28(24)6-3/h4-5,7-15H,2,6,16-17H2,1,3H3. The van der Waals surface area contributed by atoms with Crippen molar-refractivity contribution in [2.75, 3.05) is 18.0 Å². The van der Waals surface area contributed by atoms with Crippen LogP contribution in [-0.2, 0) is 6.54 Å². The van der Waals surface area contributed by atoms with Crippen molar-refractivity contribution in [2.24, 2.45) is 0 Å². The number of aromatic nitrogens is 2. The number of aryl methyl sites for hydroxylation is 1. The molecule has 4 aromatic rings. The molecule has 2 aromatic heterocycles. The molecule has 2 aromatic carbocycles. The Morgan fingerprint density at radius 2 is 1.87 bits per heavy atom. The molecule has 0 atom stereocenters. The predicted octanol–water partition coefficient (Wildman–Crippen LogP) is 6.35. The first-order valence-electron chi connectivity index (χ1n) is 10.4. The molecule has 5 rings (SSSR count). The molecule has 0 saturated heterocycles. The Morgan fingerprint density at radius 1 is 1.07 bits per heavy atom. The Balaban J connectivity index is 1.47. The Hall–Kier alpha value is -3.53. The zero-order chi connectivity index (χ0) is 20.7. The molecule has 0 fully saturated rings. The van der Waals surface area contributed by atoms with E-state index in [1.54, 1.807) is 0 Å². The second kappa shape index (κ2) is 7.38. The van der Waals surface area contributed by atoms with E-state index in [1.165, 1.54) is 27.6 Å². The summed E-state index contributed by atoms with van der Waals surface area (Å²) in [6.07, 6.45) is 8.27. The summed E-state index contributed by atoms with van der Waals surface area (Å²) in [6.45, 7) is 10.7. The molecule has 0 aliphatic carbocycles. The number of hydrogen-bond donors (Lipinski definition) is 0. The SMILES string of the molecule is C=CC1=C(C=CC)CN(c2nc3cc(-c4ccc5c(ccn5CC)c4)ccc3o2)C1. The van der Waals surface area contributed by atoms with Gasteiger partial charge in [-0.2, -0.15) is 4.98 Å². The van der Waals surface area contributed by atoms with E-state index in [0.29, 0.717) is 6.01 Å². The van der Waals surface area contributed by atoms with Gasteiger partial charge in [0.2, 0.25) is 0 Å². The van der Waals surface area contributed by atoms with Crippen LogP contribution in [0.5, 0.6) is 0 Å². The van der Waals surface area contributed by atoms with Gasteiger partial charge in [0.1, 0.15) is 5.52 Å². The van der Waals surface area contributed by atoms with Crippen LogP contribution in [0.3, 0.4) is 0 Å². The summed E-state index contributed by atoms with van der Waals surface area (Å²) in [5.41, 5.74) is 7.79. The lowest BCUT2D eigenvalue weighted by atomic mass is 10.0. The third-order valence-corrected chi connectivity index (χ3v) is 5.84. The van der Waals surface area contributed by atoms with Gasteiger partial charge >= 0.3 is 0 Å². The topological polar surface area (TPSA) is 34.2 Å². The number of oxazole rings is 1. The first kappa shape index (κ1) is 18.5. The van der Waals surface area contributed by atoms with Gasteiger partial charge in [-0.15, -0.1) is 0 Å². The second-order valence-electron chi connectivity index (χ2n) is 7.66. The van der Waals surface area contributed by atoms with Crippen LogP contribution in [0, 0.1) is 0 Å². The largest absolute Gasteiger partial charge is 0.423 e. The molecule has 0 unspecified atom stereocenters. The summed E-state index contributed by atoms with van der Waals surface area (Å²) < 4.78 is 8.34. The lowest BCUT2D eigenvalue weighted by Gasteiger charge is -2.12. The number of hydrogen-bond acceptors (Lipinski definition) is 3. The van der Waals surface area contributed by atoms with E-state index in [2.05, 4.69) is 77.7 Å². The molecule has 1 aliphatic heterocycles. The molecule has 1 aliphatic rings. The van der Waals surface area contributed by atoms with Gasteiger partial charge in [-0.3, -0.25) is 0 Å². The van der Waals surface area contributed by atoms with E-state index in [-0.39, 0.29) is 0 Å². The number of fused-ring (bicyclic) bond motifs is 2. The van der Waals surface area contributed by atoms with Crippen molar-refractivity contribution >= 4 is 28.0 Å². The highest BCUT2D eigenvalue weighted by molar-refractivity contribution is 5.88. The summed E-state index contributed by atoms with van der Waals surface area (Å²) in [4.78, 5) is 6.95. The van der Waals surface area contributed by atoms with Crippen LogP contribution in [0.4, 0.5) is 6.01 Å². The number of rotatable bonds is 5. The molecule has 0 saturated carbocycles. The Morgan fingerprint density at radius 3 is 2.67 bits per heavy atom. The highest BCUT2D eigenvalue weighted by Crippen LogP contribution is 2.32. The average molecular weight is 396 g/mol. The van der Waals surface area contributed by atoms with Crippen LogP contribution >= 0.6 is 0 Å². The predicted molar refractivity (Wildman–Crippen MR) is 125 cm³/mol. The quantitative estimate of drug-likeness (QED) is 0.395. The third kappa shape index (κ3) is 3.05. The van der Waals surface area contributed by atoms with Crippen molar-refractivity contribution in [3.05, 3.63) is 84.6 Å². The maximum atomic E-state index is 6.08. The van der Waals surface area contributed by atoms with Crippen LogP contribution in [-0.4, -0.2) is 22.6 Å². The minimum Gasteiger partial charge on any atom is -0.423 e. The van der Waals surface area contributed by atoms with Crippen molar-refractivity contribution in [1.82, 2.24) is 9.55 Å². The monoisotopic (exact) mass is 395 g/mol. The maximum Gasteiger partial charge on any atom is 0.298 e. The molecule has 4 heteroatoms. The smallest absolute Gasteiger partial charge is 0.298 e. The molecular formula is C26H25N3O. The van der Waals surface area contributed by atoms with Crippen LogP contribution in [0.15, 0.2) is 89.0 Å². The van der Waals surface area contributed by atoms with Gasteiger partial charge < -0.3 is 13.9 Å². The first-order valence-corrected chi connectivity index (χ1v) is 10.4. The molecule has 30 heavy (non-hydrogen) atoms. The van der Waals surface area contributed by atoms with Gasteiger partial charge in [-0.1, -0.05) is 36.9 Å². The molecule has 0 N–H and O–H groups in total. The van der Waals surface area contributed by atoms with Gasteiger partial charge in [0.25, 0.3) is 6.01 Å². The molecule has 150 valence electrons. The van der Waals surface area contributed by atoms with Crippen molar-refractivity contribution in [1.29, 1.82) is 0 Å². The van der Waals surface area contributed by atoms with Gasteiger partial charge in [0, 0.05) is 36.7 Å². The van der Waals surface area contributed by atoms with Crippen LogP contribution < -0.4 is 4.90 Å². The molecule has 0 bridgehead atoms. The number of nitrogens with zero attached hydrogens (tertiary/aromatic N) is 3. The van der Waals surface area contributed by atoms with E-state index in [1.807, 2.05) is 19.1 Å². The zero-order valence-corrected chi connectivity index (χ0v) is 17.4. The minimum atomic E-state index is 0.663. The van der Waals surface area contributed by atoms with E-state index in [4.69, 9.17) is 9.40 Å². The van der Waals surface area contributed by atoms with Crippen LogP contribution in [0.25, 0.3) is 33.1 Å². The van der Waals surface area contributed by atoms with Crippen molar-refractivity contribution < 1.29 is 4.42 Å². The summed E-state index contributed by atoms with van der Waals surface area (Å²) in [6, 6.07) is 15.7. The van der Waals surface area contributed by atoms with Crippen LogP contribution in [0.2, 0.25) is 0 Å². The van der Waals surface area contributed by atoms with Crippen LogP contribution in [0.1, 0.15) is 13.8 Å². The van der Waals surface area contributed by atoms with Gasteiger partial charge in [0.05, 0.1) is 0 Å². The van der Waals surface area contributed by atoms with E-state index >= 15 is 0 Å². The highest BCUT2D eigenvalue weighted by atomic mass is 16.4. The summed E-state index contributed by atoms with van der Waals surface area (Å²) >= 11 is 0. The zero-order valence-electron chi connectivity index (χ0n) is 17.4. The fraction of sp³-hybridized carbons (Fsp3) is 0.192. The lowest BCUT2D eigenvalue weighted by Crippen LogP contribution is -2.20. The molecule has 0 amide bonds. The number of anilines is 1. The number of benzene rings is 2. The summed E-state index contributed by atoms with van der Waals surface area (Å²) in [7, 11) is 0. The average Bonchev–Trinajstić information content (AvgIpc) is 3.48. The first-order chi connectivity index (χ1) is 14.7. The Labute approximate surface area is 176 Å². The van der Waals surface area contributed by atoms with Crippen molar-refractivity contribution in [3.63, 3.8) is 0 Å². The normalized spacial score (nSPS) is 14.7. The third-order valence-electron chi connectivity index (χ3n) is 5.84. The van der Waals surface area contributed by atoms with Crippen molar-refractivity contribution in [3.8, 4) is 11.1 Å². The fourth-order valence-corrected chi connectivity index (χ4v) is 4.25. The maximum absolute atomic E-state index is 6.08. The lowest BCUT2D eigenvalue weighted by molar-refractivity contribution is 0.587. The fourth-order valence-electron chi connectivity index (χ4n) is 4.25. The van der Waals surface area contributed by atoms with E-state index in [0.717, 1.165) is 36.3 Å². The van der Waals surface area contributed by atoms with E-state index in [9.17, 15) is 0 Å². The highest BCUT2D eigenvalue weighted by Gasteiger charge is 2.23. The Bertz CT molecular complexity index is 1320. The number of allylic oxidation sites excluding steroid dienone is 1. The molecule has 3 heterocycles. The summed E-state index contributed by atoms with van der Waals surface area (Å²) in [5, 5.41) is 1.26. The van der Waals surface area contributed by atoms with Gasteiger partial charge in [-0.05, 0) is 66.5 Å². The summed E-state index contributed by atoms with van der Waals surface area (Å²) in [5.74, 6) is 0. The second-order valence-corrected chi connectivity index (χ2v) is 7.66. The Kier molecular flexibility index (Phi) is 4.55. The molecule has 4 nitrogen and oxygen atoms in total. The van der Waals surface area contributed by atoms with Gasteiger partial charge in [0.15, 0.2) is 5.58 Å². The van der Waals surface area contributed by atoms with Gasteiger partial charge in [-0.25, -0.2) is 0 Å². The minimum absolute atomic E-state index is 0.663.